The predicted octanol–water partition coefficient (Wildman–Crippen LogP) is 6.29. The average molecular weight is 1220 g/mol. The molecule has 0 bridgehead atoms. The maximum Gasteiger partial charge on any atom is 0.0999 e. The van der Waals surface area contributed by atoms with E-state index in [9.17, 15) is 20.4 Å². The van der Waals surface area contributed by atoms with Gasteiger partial charge >= 0.3 is 0 Å². The maximum absolute atomic E-state index is 9.68. The van der Waals surface area contributed by atoms with Crippen LogP contribution in [-0.4, -0.2) is 172 Å². The number of aromatic nitrogens is 21. The van der Waals surface area contributed by atoms with Gasteiger partial charge in [-0.05, 0) is 99.7 Å². The lowest BCUT2D eigenvalue weighted by atomic mass is 9.81. The third-order valence-electron chi connectivity index (χ3n) is 17.9. The molecular weight excluding hydrogens is 1150 g/mol. The molecule has 27 nitrogen and oxygen atoms in total. The molecule has 0 amide bonds. The smallest absolute Gasteiger partial charge is 0.0999 e. The Bertz CT molecular complexity index is 4380. The average Bonchev–Trinajstić information content (AvgIpc) is 1.67. The molecule has 5 atom stereocenters. The summed E-state index contributed by atoms with van der Waals surface area (Å²) in [6, 6.07) is 6.80. The van der Waals surface area contributed by atoms with Gasteiger partial charge in [0.25, 0.3) is 0 Å². The molecule has 466 valence electrons. The minimum Gasteiger partial charge on any atom is -0.394 e. The molecule has 16 rings (SSSR count). The zero-order valence-electron chi connectivity index (χ0n) is 50.1. The predicted molar refractivity (Wildman–Crippen MR) is 330 cm³/mol. The quantitative estimate of drug-likeness (QED) is 0.0434. The van der Waals surface area contributed by atoms with Gasteiger partial charge in [-0.15, -0.1) is 0 Å². The van der Waals surface area contributed by atoms with Crippen molar-refractivity contribution in [3.8, 4) is 67.5 Å². The Morgan fingerprint density at radius 2 is 0.856 bits per heavy atom. The number of fused-ring (bicyclic) bond motifs is 3. The van der Waals surface area contributed by atoms with Crippen LogP contribution in [0.3, 0.4) is 0 Å². The fourth-order valence-corrected chi connectivity index (χ4v) is 12.3. The number of aliphatic hydroxyl groups is 6. The van der Waals surface area contributed by atoms with Crippen molar-refractivity contribution in [1.29, 1.82) is 0 Å². The lowest BCUT2D eigenvalue weighted by molar-refractivity contribution is 0.0782. The molecule has 0 aliphatic heterocycles. The highest BCUT2D eigenvalue weighted by molar-refractivity contribution is 5.80. The fourth-order valence-electron chi connectivity index (χ4n) is 12.3. The van der Waals surface area contributed by atoms with E-state index < -0.39 is 18.2 Å². The van der Waals surface area contributed by atoms with Crippen molar-refractivity contribution in [2.45, 2.75) is 121 Å². The van der Waals surface area contributed by atoms with Gasteiger partial charge in [-0.2, -0.15) is 45.9 Å². The van der Waals surface area contributed by atoms with Crippen LogP contribution >= 0.6 is 0 Å². The molecule has 12 aromatic heterocycles. The van der Waals surface area contributed by atoms with Gasteiger partial charge in [0.05, 0.1) is 201 Å². The minimum absolute atomic E-state index is 0.187. The highest BCUT2D eigenvalue weighted by atomic mass is 16.3. The second-order valence-corrected chi connectivity index (χ2v) is 24.4. The van der Waals surface area contributed by atoms with Crippen LogP contribution in [0.4, 0.5) is 0 Å². The van der Waals surface area contributed by atoms with Crippen LogP contribution in [0.25, 0.3) is 84.1 Å². The molecule has 0 aromatic carbocycles. The summed E-state index contributed by atoms with van der Waals surface area (Å²) in [7, 11) is 0. The summed E-state index contributed by atoms with van der Waals surface area (Å²) >= 11 is 0. The number of nitrogens with zero attached hydrogens (tertiary/aromatic N) is 21. The fraction of sp³-hybridized carbons (Fsp3) is 0.429. The minimum atomic E-state index is -0.848. The highest BCUT2D eigenvalue weighted by Gasteiger charge is 2.43. The molecule has 4 saturated carbocycles. The molecule has 2 unspecified atom stereocenters. The van der Waals surface area contributed by atoms with Gasteiger partial charge < -0.3 is 30.6 Å². The van der Waals surface area contributed by atoms with Crippen molar-refractivity contribution in [3.05, 3.63) is 130 Å². The summed E-state index contributed by atoms with van der Waals surface area (Å²) in [5, 5.41) is 96.3. The largest absolute Gasteiger partial charge is 0.394 e. The monoisotopic (exact) mass is 1220 g/mol. The Kier molecular flexibility index (Phi) is 16.3. The van der Waals surface area contributed by atoms with Crippen LogP contribution in [0.2, 0.25) is 0 Å². The molecular formula is C63H73N21O6. The summed E-state index contributed by atoms with van der Waals surface area (Å²) in [4.78, 5) is 14.7. The summed E-state index contributed by atoms with van der Waals surface area (Å²) < 4.78 is 16.5. The molecule has 90 heavy (non-hydrogen) atoms. The van der Waals surface area contributed by atoms with Crippen LogP contribution < -0.4 is 0 Å². The van der Waals surface area contributed by atoms with E-state index in [-0.39, 0.29) is 39.5 Å². The standard InChI is InChI=1S/C22H25N7O2.C21H25N7O2.C20H23N7O2/c30-13-18(31)11-27-9-16(7-24-27)19-12-28-20(5-6-23-28)21(26-19)17-8-25-29(10-17)22(14-1-2-14)15-3-4-15;1-2-19(14-3-4-14)27-10-16(8-24-27)21-20-5-6-22-28(20)11-18(25-21)15-7-23-26(9-15)17(12-29)13-30;1-13-2-3-18(13)26-9-15(7-23-26)20-19-4-5-21-27(19)11-17(24-20)14-6-22-25(8-14)10-16(29)12-28/h5-10,12,14-15,18,22,30-31H,1-4,11,13H2;5-11,14,17,19,29-30H,2-4,12-13H2,1H3;4-9,11,13,16,18,28-29H,2-3,10,12H2,1H3/t18-;;13-,16-,18?/m1.1/s1. The van der Waals surface area contributed by atoms with Gasteiger partial charge in [0, 0.05) is 70.6 Å². The lowest BCUT2D eigenvalue weighted by Crippen LogP contribution is -2.26. The zero-order chi connectivity index (χ0) is 61.6. The second-order valence-electron chi connectivity index (χ2n) is 24.4. The number of hydrogen-bond donors (Lipinski definition) is 6. The Morgan fingerprint density at radius 1 is 0.433 bits per heavy atom. The van der Waals surface area contributed by atoms with Crippen molar-refractivity contribution < 1.29 is 30.6 Å². The van der Waals surface area contributed by atoms with E-state index in [1.807, 2.05) is 66.1 Å². The molecule has 0 spiro atoms. The van der Waals surface area contributed by atoms with Gasteiger partial charge in [0.1, 0.15) is 0 Å². The normalized spacial score (nSPS) is 17.7. The van der Waals surface area contributed by atoms with Crippen molar-refractivity contribution in [3.63, 3.8) is 0 Å². The van der Waals surface area contributed by atoms with E-state index in [0.29, 0.717) is 29.7 Å². The Morgan fingerprint density at radius 3 is 1.30 bits per heavy atom. The second kappa shape index (κ2) is 25.0. The molecule has 4 aliphatic carbocycles. The van der Waals surface area contributed by atoms with E-state index >= 15 is 0 Å². The molecule has 12 aromatic rings. The third kappa shape index (κ3) is 12.1. The lowest BCUT2D eigenvalue weighted by Gasteiger charge is -2.33. The third-order valence-corrected chi connectivity index (χ3v) is 17.9. The SMILES string of the molecule is CCC(C1CC1)n1cc(-c2nc(-c3cnn(C(CO)CO)c3)cn3nccc23)cn1.C[C@@H]1CCC1n1cc(-c2nc(-c3cnn(C[C@@H](O)CO)c3)cn3nccc23)cn1.OC[C@H](O)Cn1cc(-c2cn3nccc3c(-c3cnn(C(C4CC4)C4CC4)c3)n2)cn1. The Balaban J connectivity index is 0.000000118. The number of hydrogen-bond acceptors (Lipinski definition) is 18. The van der Waals surface area contributed by atoms with E-state index in [1.54, 1.807) is 72.7 Å². The van der Waals surface area contributed by atoms with Crippen LogP contribution in [0.15, 0.2) is 130 Å². The zero-order valence-corrected chi connectivity index (χ0v) is 50.1. The molecule has 4 fully saturated rings. The number of aliphatic hydroxyl groups excluding tert-OH is 6. The summed E-state index contributed by atoms with van der Waals surface area (Å²) in [5.41, 5.74) is 12.7. The van der Waals surface area contributed by atoms with Crippen LogP contribution in [-0.2, 0) is 13.1 Å². The van der Waals surface area contributed by atoms with Crippen LogP contribution in [0, 0.1) is 23.7 Å². The van der Waals surface area contributed by atoms with Gasteiger partial charge in [0.15, 0.2) is 0 Å². The summed E-state index contributed by atoms with van der Waals surface area (Å²) in [6.45, 7) is 3.94. The highest BCUT2D eigenvalue weighted by Crippen LogP contribution is 2.52. The van der Waals surface area contributed by atoms with Crippen LogP contribution in [0.1, 0.15) is 95.8 Å². The number of rotatable bonds is 22. The van der Waals surface area contributed by atoms with Gasteiger partial charge in [-0.3, -0.25) is 28.1 Å². The van der Waals surface area contributed by atoms with E-state index in [4.69, 9.17) is 30.3 Å². The Hall–Kier alpha value is -9.12. The molecule has 27 heteroatoms. The summed E-state index contributed by atoms with van der Waals surface area (Å²) in [6.07, 6.45) is 42.9. The first kappa shape index (κ1) is 58.6. The topological polar surface area (TPSA) is 319 Å². The first-order chi connectivity index (χ1) is 44.0. The first-order valence-corrected chi connectivity index (χ1v) is 31.1. The van der Waals surface area contributed by atoms with Crippen molar-refractivity contribution >= 4 is 16.6 Å². The van der Waals surface area contributed by atoms with Gasteiger partial charge in [0.2, 0.25) is 0 Å². The van der Waals surface area contributed by atoms with Crippen molar-refractivity contribution in [2.24, 2.45) is 23.7 Å². The van der Waals surface area contributed by atoms with E-state index in [2.05, 4.69) is 87.3 Å². The first-order valence-electron chi connectivity index (χ1n) is 31.1. The van der Waals surface area contributed by atoms with E-state index in [0.717, 1.165) is 109 Å². The molecule has 0 saturated heterocycles. The molecule has 6 N–H and O–H groups in total. The molecule has 4 aliphatic rings. The maximum atomic E-state index is 9.68. The van der Waals surface area contributed by atoms with Crippen molar-refractivity contribution in [2.75, 3.05) is 26.4 Å². The van der Waals surface area contributed by atoms with Gasteiger partial charge in [-0.25, -0.2) is 28.5 Å². The van der Waals surface area contributed by atoms with E-state index in [1.165, 1.54) is 44.9 Å². The molecule has 0 radical (unpaired) electrons. The molecule has 12 heterocycles. The Labute approximate surface area is 516 Å². The van der Waals surface area contributed by atoms with Gasteiger partial charge in [-0.1, -0.05) is 13.8 Å². The summed E-state index contributed by atoms with van der Waals surface area (Å²) in [5.74, 6) is 2.93. The van der Waals surface area contributed by atoms with Crippen LogP contribution in [0.5, 0.6) is 0 Å². The van der Waals surface area contributed by atoms with Crippen molar-refractivity contribution in [1.82, 2.24) is 102 Å².